The van der Waals surface area contributed by atoms with Crippen molar-refractivity contribution < 1.29 is 0 Å². The molecule has 0 bridgehead atoms. The topological polar surface area (TPSA) is 29.3 Å². The molecule has 0 saturated heterocycles. The second-order valence-electron chi connectivity index (χ2n) is 4.91. The predicted molar refractivity (Wildman–Crippen MR) is 71.7 cm³/mol. The van der Waals surface area contributed by atoms with E-state index in [-0.39, 0.29) is 5.54 Å². The lowest BCUT2D eigenvalue weighted by atomic mass is 9.99. The lowest BCUT2D eigenvalue weighted by Gasteiger charge is -2.35. The van der Waals surface area contributed by atoms with Gasteiger partial charge in [-0.15, -0.1) is 0 Å². The summed E-state index contributed by atoms with van der Waals surface area (Å²) in [5.74, 6) is 0. The molecular weight excluding hydrogens is 220 g/mol. The zero-order chi connectivity index (χ0) is 12.3. The predicted octanol–water partition coefficient (Wildman–Crippen LogP) is 3.54. The van der Waals surface area contributed by atoms with Crippen LogP contribution in [0.25, 0.3) is 0 Å². The summed E-state index contributed by atoms with van der Waals surface area (Å²) in [7, 11) is 2.13. The van der Waals surface area contributed by atoms with Crippen LogP contribution in [0.2, 0.25) is 5.02 Å². The zero-order valence-electron chi connectivity index (χ0n) is 10.5. The minimum Gasteiger partial charge on any atom is -0.399 e. The van der Waals surface area contributed by atoms with Gasteiger partial charge in [-0.05, 0) is 51.1 Å². The van der Waals surface area contributed by atoms with Gasteiger partial charge < -0.3 is 5.73 Å². The first kappa shape index (κ1) is 13.3. The van der Waals surface area contributed by atoms with Crippen molar-refractivity contribution in [2.24, 2.45) is 0 Å². The summed E-state index contributed by atoms with van der Waals surface area (Å²) in [6, 6.07) is 5.73. The third kappa shape index (κ3) is 3.39. The van der Waals surface area contributed by atoms with Gasteiger partial charge in [-0.25, -0.2) is 0 Å². The summed E-state index contributed by atoms with van der Waals surface area (Å²) in [5, 5.41) is 0.706. The Kier molecular flexibility index (Phi) is 4.22. The van der Waals surface area contributed by atoms with Crippen LogP contribution in [0.4, 0.5) is 5.69 Å². The van der Waals surface area contributed by atoms with E-state index in [0.717, 1.165) is 24.2 Å². The average molecular weight is 241 g/mol. The van der Waals surface area contributed by atoms with E-state index in [9.17, 15) is 0 Å². The molecule has 0 aliphatic rings. The van der Waals surface area contributed by atoms with E-state index in [4.69, 9.17) is 17.3 Å². The Hall–Kier alpha value is -0.730. The molecule has 2 nitrogen and oxygen atoms in total. The van der Waals surface area contributed by atoms with Crippen LogP contribution in [0.5, 0.6) is 0 Å². The molecule has 1 aromatic carbocycles. The maximum absolute atomic E-state index is 5.98. The summed E-state index contributed by atoms with van der Waals surface area (Å²) in [6.07, 6.45) is 1.11. The first-order valence-corrected chi connectivity index (χ1v) is 5.99. The molecule has 0 aliphatic carbocycles. The van der Waals surface area contributed by atoms with Gasteiger partial charge in [0.05, 0.1) is 0 Å². The van der Waals surface area contributed by atoms with Crippen molar-refractivity contribution in [3.8, 4) is 0 Å². The third-order valence-electron chi connectivity index (χ3n) is 3.30. The van der Waals surface area contributed by atoms with Crippen LogP contribution >= 0.6 is 11.6 Å². The highest BCUT2D eigenvalue weighted by molar-refractivity contribution is 6.30. The molecule has 0 radical (unpaired) electrons. The van der Waals surface area contributed by atoms with Crippen molar-refractivity contribution in [3.63, 3.8) is 0 Å². The van der Waals surface area contributed by atoms with Gasteiger partial charge in [-0.2, -0.15) is 0 Å². The standard InChI is InChI=1S/C13H21ClN2/c1-5-13(2,3)16(4)9-10-6-11(14)8-12(15)7-10/h6-8H,5,9,15H2,1-4H3. The molecule has 0 aromatic heterocycles. The number of benzene rings is 1. The highest BCUT2D eigenvalue weighted by Gasteiger charge is 2.20. The van der Waals surface area contributed by atoms with Gasteiger partial charge in [0.2, 0.25) is 0 Å². The van der Waals surface area contributed by atoms with Gasteiger partial charge in [0.1, 0.15) is 0 Å². The fourth-order valence-electron chi connectivity index (χ4n) is 1.52. The van der Waals surface area contributed by atoms with Gasteiger partial charge in [-0.3, -0.25) is 4.90 Å². The fraction of sp³-hybridized carbons (Fsp3) is 0.538. The smallest absolute Gasteiger partial charge is 0.0429 e. The Labute approximate surface area is 103 Å². The Morgan fingerprint density at radius 1 is 1.31 bits per heavy atom. The van der Waals surface area contributed by atoms with Crippen molar-refractivity contribution in [1.82, 2.24) is 4.90 Å². The number of nitrogens with zero attached hydrogens (tertiary/aromatic N) is 1. The van der Waals surface area contributed by atoms with E-state index >= 15 is 0 Å². The van der Waals surface area contributed by atoms with Gasteiger partial charge >= 0.3 is 0 Å². The molecule has 3 heteroatoms. The molecule has 0 heterocycles. The Balaban J connectivity index is 2.80. The van der Waals surface area contributed by atoms with Crippen molar-refractivity contribution in [2.75, 3.05) is 12.8 Å². The van der Waals surface area contributed by atoms with Crippen LogP contribution in [0.15, 0.2) is 18.2 Å². The lowest BCUT2D eigenvalue weighted by Crippen LogP contribution is -2.39. The highest BCUT2D eigenvalue weighted by Crippen LogP contribution is 2.22. The molecular formula is C13H21ClN2. The molecule has 90 valence electrons. The number of hydrogen-bond donors (Lipinski definition) is 1. The Morgan fingerprint density at radius 2 is 1.94 bits per heavy atom. The lowest BCUT2D eigenvalue weighted by molar-refractivity contribution is 0.143. The summed E-state index contributed by atoms with van der Waals surface area (Å²) in [6.45, 7) is 7.54. The van der Waals surface area contributed by atoms with Crippen LogP contribution < -0.4 is 5.73 Å². The molecule has 0 fully saturated rings. The van der Waals surface area contributed by atoms with E-state index in [2.05, 4.69) is 32.7 Å². The summed E-state index contributed by atoms with van der Waals surface area (Å²) in [4.78, 5) is 2.32. The number of hydrogen-bond acceptors (Lipinski definition) is 2. The maximum Gasteiger partial charge on any atom is 0.0429 e. The van der Waals surface area contributed by atoms with E-state index in [0.29, 0.717) is 5.02 Å². The van der Waals surface area contributed by atoms with Crippen LogP contribution in [0.1, 0.15) is 32.8 Å². The maximum atomic E-state index is 5.98. The first-order valence-electron chi connectivity index (χ1n) is 5.61. The molecule has 2 N–H and O–H groups in total. The number of nitrogen functional groups attached to an aromatic ring is 1. The van der Waals surface area contributed by atoms with E-state index in [1.165, 1.54) is 0 Å². The summed E-state index contributed by atoms with van der Waals surface area (Å²) >= 11 is 5.98. The second kappa shape index (κ2) is 5.07. The van der Waals surface area contributed by atoms with Crippen LogP contribution in [0, 0.1) is 0 Å². The van der Waals surface area contributed by atoms with Crippen molar-refractivity contribution >= 4 is 17.3 Å². The minimum atomic E-state index is 0.192. The van der Waals surface area contributed by atoms with Crippen molar-refractivity contribution in [1.29, 1.82) is 0 Å². The molecule has 0 unspecified atom stereocenters. The summed E-state index contributed by atoms with van der Waals surface area (Å²) < 4.78 is 0. The SMILES string of the molecule is CCC(C)(C)N(C)Cc1cc(N)cc(Cl)c1. The largest absolute Gasteiger partial charge is 0.399 e. The van der Waals surface area contributed by atoms with E-state index < -0.39 is 0 Å². The molecule has 1 rings (SSSR count). The molecule has 0 saturated carbocycles. The third-order valence-corrected chi connectivity index (χ3v) is 3.52. The summed E-state index contributed by atoms with van der Waals surface area (Å²) in [5.41, 5.74) is 7.85. The van der Waals surface area contributed by atoms with Crippen LogP contribution in [-0.2, 0) is 6.54 Å². The normalized spacial score (nSPS) is 12.1. The zero-order valence-corrected chi connectivity index (χ0v) is 11.3. The first-order chi connectivity index (χ1) is 7.35. The fourth-order valence-corrected chi connectivity index (χ4v) is 1.79. The Morgan fingerprint density at radius 3 is 2.44 bits per heavy atom. The van der Waals surface area contributed by atoms with Gasteiger partial charge in [0, 0.05) is 22.8 Å². The molecule has 0 amide bonds. The number of rotatable bonds is 4. The average Bonchev–Trinajstić information content (AvgIpc) is 2.15. The molecule has 1 aromatic rings. The van der Waals surface area contributed by atoms with Gasteiger partial charge in [0.15, 0.2) is 0 Å². The van der Waals surface area contributed by atoms with Crippen LogP contribution in [0.3, 0.4) is 0 Å². The molecule has 16 heavy (non-hydrogen) atoms. The molecule has 0 spiro atoms. The Bertz CT molecular complexity index is 341. The highest BCUT2D eigenvalue weighted by atomic mass is 35.5. The quantitative estimate of drug-likeness (QED) is 0.816. The molecule has 0 aliphatic heterocycles. The van der Waals surface area contributed by atoms with Crippen molar-refractivity contribution in [2.45, 2.75) is 39.3 Å². The van der Waals surface area contributed by atoms with Crippen molar-refractivity contribution in [3.05, 3.63) is 28.8 Å². The number of nitrogens with two attached hydrogens (primary N) is 1. The monoisotopic (exact) mass is 240 g/mol. The van der Waals surface area contributed by atoms with Gasteiger partial charge in [-0.1, -0.05) is 18.5 Å². The molecule has 0 atom stereocenters. The number of halogens is 1. The second-order valence-corrected chi connectivity index (χ2v) is 5.35. The number of anilines is 1. The van der Waals surface area contributed by atoms with E-state index in [1.54, 1.807) is 6.07 Å². The van der Waals surface area contributed by atoms with Gasteiger partial charge in [0.25, 0.3) is 0 Å². The van der Waals surface area contributed by atoms with Crippen LogP contribution in [-0.4, -0.2) is 17.5 Å². The van der Waals surface area contributed by atoms with E-state index in [1.807, 2.05) is 12.1 Å². The minimum absolute atomic E-state index is 0.192.